The molecule has 1 atom stereocenters. The monoisotopic (exact) mass is 248 g/mol. The van der Waals surface area contributed by atoms with Crippen LogP contribution in [0.2, 0.25) is 0 Å². The third-order valence-electron chi connectivity index (χ3n) is 2.85. The van der Waals surface area contributed by atoms with Crippen LogP contribution in [0.5, 0.6) is 0 Å². The van der Waals surface area contributed by atoms with E-state index in [4.69, 9.17) is 0 Å². The minimum absolute atomic E-state index is 0.0951. The van der Waals surface area contributed by atoms with Crippen LogP contribution in [0, 0.1) is 5.82 Å². The molecule has 1 aromatic heterocycles. The minimum atomic E-state index is -0.234. The Morgan fingerprint density at radius 3 is 2.94 bits per heavy atom. The topological polar surface area (TPSA) is 42.7 Å². The summed E-state index contributed by atoms with van der Waals surface area (Å²) in [7, 11) is 1.85. The van der Waals surface area contributed by atoms with Crippen LogP contribution in [0.1, 0.15) is 30.6 Å². The fraction of sp³-hybridized carbons (Fsp3) is 0.385. The molecule has 0 fully saturated rings. The number of nitrogens with one attached hydrogen (secondary N) is 1. The first-order chi connectivity index (χ1) is 8.76. The zero-order chi connectivity index (χ0) is 13.0. The van der Waals surface area contributed by atoms with Crippen LogP contribution in [-0.2, 0) is 6.54 Å². The smallest absolute Gasteiger partial charge is 0.123 e. The zero-order valence-electron chi connectivity index (χ0n) is 10.6. The second kappa shape index (κ2) is 5.73. The van der Waals surface area contributed by atoms with Gasteiger partial charge in [0, 0.05) is 6.54 Å². The molecule has 1 heterocycles. The number of rotatable bonds is 5. The molecule has 18 heavy (non-hydrogen) atoms. The highest BCUT2D eigenvalue weighted by atomic mass is 19.1. The van der Waals surface area contributed by atoms with Crippen LogP contribution in [0.3, 0.4) is 0 Å². The van der Waals surface area contributed by atoms with Crippen molar-refractivity contribution in [1.82, 2.24) is 20.3 Å². The highest BCUT2D eigenvalue weighted by molar-refractivity contribution is 5.27. The molecule has 5 heteroatoms. The van der Waals surface area contributed by atoms with Crippen LogP contribution in [0.4, 0.5) is 4.39 Å². The SMILES string of the molecule is CCCn1nncc1C(NC)c1cccc(F)c1. The molecule has 0 aliphatic heterocycles. The molecule has 0 spiro atoms. The molecule has 0 aliphatic rings. The van der Waals surface area contributed by atoms with Gasteiger partial charge in [-0.3, -0.25) is 0 Å². The molecular formula is C13H17FN4. The summed E-state index contributed by atoms with van der Waals surface area (Å²) in [5.74, 6) is -0.234. The lowest BCUT2D eigenvalue weighted by Crippen LogP contribution is -2.21. The van der Waals surface area contributed by atoms with E-state index in [0.717, 1.165) is 24.2 Å². The predicted molar refractivity (Wildman–Crippen MR) is 67.6 cm³/mol. The molecule has 1 N–H and O–H groups in total. The van der Waals surface area contributed by atoms with Gasteiger partial charge in [0.15, 0.2) is 0 Å². The Morgan fingerprint density at radius 1 is 1.44 bits per heavy atom. The number of aromatic nitrogens is 3. The van der Waals surface area contributed by atoms with E-state index in [0.29, 0.717) is 0 Å². The average molecular weight is 248 g/mol. The first-order valence-corrected chi connectivity index (χ1v) is 6.07. The van der Waals surface area contributed by atoms with Crippen LogP contribution in [-0.4, -0.2) is 22.0 Å². The molecule has 0 amide bonds. The van der Waals surface area contributed by atoms with E-state index < -0.39 is 0 Å². The van der Waals surface area contributed by atoms with Crippen molar-refractivity contribution in [1.29, 1.82) is 0 Å². The number of halogens is 1. The quantitative estimate of drug-likeness (QED) is 0.881. The molecule has 4 nitrogen and oxygen atoms in total. The van der Waals surface area contributed by atoms with E-state index in [2.05, 4.69) is 22.6 Å². The molecule has 96 valence electrons. The van der Waals surface area contributed by atoms with E-state index in [1.165, 1.54) is 12.1 Å². The van der Waals surface area contributed by atoms with Crippen molar-refractivity contribution in [3.63, 3.8) is 0 Å². The number of hydrogen-bond donors (Lipinski definition) is 1. The van der Waals surface area contributed by atoms with Crippen molar-refractivity contribution in [2.75, 3.05) is 7.05 Å². The van der Waals surface area contributed by atoms with Gasteiger partial charge >= 0.3 is 0 Å². The Balaban J connectivity index is 2.36. The van der Waals surface area contributed by atoms with Gasteiger partial charge in [-0.15, -0.1) is 5.10 Å². The normalized spacial score (nSPS) is 12.6. The molecule has 0 saturated heterocycles. The Bertz CT molecular complexity index is 509. The van der Waals surface area contributed by atoms with Crippen molar-refractivity contribution < 1.29 is 4.39 Å². The van der Waals surface area contributed by atoms with Crippen molar-refractivity contribution >= 4 is 0 Å². The second-order valence-corrected chi connectivity index (χ2v) is 4.16. The molecule has 0 radical (unpaired) electrons. The Labute approximate surface area is 106 Å². The summed E-state index contributed by atoms with van der Waals surface area (Å²) in [5.41, 5.74) is 1.82. The van der Waals surface area contributed by atoms with Crippen LogP contribution in [0.15, 0.2) is 30.5 Å². The molecule has 0 saturated carbocycles. The summed E-state index contributed by atoms with van der Waals surface area (Å²) in [4.78, 5) is 0. The standard InChI is InChI=1S/C13H17FN4/c1-3-7-18-12(9-16-17-18)13(15-2)10-5-4-6-11(14)8-10/h4-6,8-9,13,15H,3,7H2,1-2H3. The van der Waals surface area contributed by atoms with E-state index in [9.17, 15) is 4.39 Å². The molecule has 2 aromatic rings. The van der Waals surface area contributed by atoms with E-state index in [1.54, 1.807) is 12.3 Å². The summed E-state index contributed by atoms with van der Waals surface area (Å²) in [6, 6.07) is 6.49. The van der Waals surface area contributed by atoms with Gasteiger partial charge in [-0.1, -0.05) is 24.3 Å². The maximum absolute atomic E-state index is 13.3. The Hall–Kier alpha value is -1.75. The van der Waals surface area contributed by atoms with Gasteiger partial charge < -0.3 is 5.32 Å². The summed E-state index contributed by atoms with van der Waals surface area (Å²) in [5, 5.41) is 11.2. The van der Waals surface area contributed by atoms with Crippen molar-refractivity contribution in [3.8, 4) is 0 Å². The van der Waals surface area contributed by atoms with Gasteiger partial charge in [-0.25, -0.2) is 9.07 Å². The van der Waals surface area contributed by atoms with Crippen molar-refractivity contribution in [3.05, 3.63) is 47.5 Å². The summed E-state index contributed by atoms with van der Waals surface area (Å²) in [6.45, 7) is 2.89. The lowest BCUT2D eigenvalue weighted by molar-refractivity contribution is 0.521. The van der Waals surface area contributed by atoms with Gasteiger partial charge in [0.25, 0.3) is 0 Å². The van der Waals surface area contributed by atoms with Gasteiger partial charge in [-0.2, -0.15) is 0 Å². The van der Waals surface area contributed by atoms with E-state index >= 15 is 0 Å². The van der Waals surface area contributed by atoms with E-state index in [1.807, 2.05) is 17.8 Å². The van der Waals surface area contributed by atoms with E-state index in [-0.39, 0.29) is 11.9 Å². The van der Waals surface area contributed by atoms with Crippen LogP contribution >= 0.6 is 0 Å². The van der Waals surface area contributed by atoms with Crippen LogP contribution < -0.4 is 5.32 Å². The average Bonchev–Trinajstić information content (AvgIpc) is 2.79. The third kappa shape index (κ3) is 2.56. The Morgan fingerprint density at radius 2 is 2.28 bits per heavy atom. The number of aryl methyl sites for hydroxylation is 1. The summed E-state index contributed by atoms with van der Waals surface area (Å²) < 4.78 is 15.1. The third-order valence-corrected chi connectivity index (χ3v) is 2.85. The van der Waals surface area contributed by atoms with Gasteiger partial charge in [0.05, 0.1) is 17.9 Å². The second-order valence-electron chi connectivity index (χ2n) is 4.16. The largest absolute Gasteiger partial charge is 0.308 e. The fourth-order valence-corrected chi connectivity index (χ4v) is 2.05. The Kier molecular flexibility index (Phi) is 4.04. The maximum atomic E-state index is 13.3. The predicted octanol–water partition coefficient (Wildman–Crippen LogP) is 2.14. The van der Waals surface area contributed by atoms with Crippen molar-refractivity contribution in [2.24, 2.45) is 0 Å². The lowest BCUT2D eigenvalue weighted by Gasteiger charge is -2.17. The lowest BCUT2D eigenvalue weighted by atomic mass is 10.0. The minimum Gasteiger partial charge on any atom is -0.308 e. The van der Waals surface area contributed by atoms with Crippen molar-refractivity contribution in [2.45, 2.75) is 25.9 Å². The number of benzene rings is 1. The summed E-state index contributed by atoms with van der Waals surface area (Å²) >= 11 is 0. The molecule has 2 rings (SSSR count). The molecule has 0 aliphatic carbocycles. The highest BCUT2D eigenvalue weighted by Crippen LogP contribution is 2.21. The molecule has 0 bridgehead atoms. The maximum Gasteiger partial charge on any atom is 0.123 e. The molecular weight excluding hydrogens is 231 g/mol. The number of hydrogen-bond acceptors (Lipinski definition) is 3. The zero-order valence-corrected chi connectivity index (χ0v) is 10.6. The van der Waals surface area contributed by atoms with Crippen LogP contribution in [0.25, 0.3) is 0 Å². The first-order valence-electron chi connectivity index (χ1n) is 6.07. The summed E-state index contributed by atoms with van der Waals surface area (Å²) in [6.07, 6.45) is 2.71. The number of nitrogens with zero attached hydrogens (tertiary/aromatic N) is 3. The van der Waals surface area contributed by atoms with Gasteiger partial charge in [-0.05, 0) is 31.2 Å². The molecule has 1 unspecified atom stereocenters. The first kappa shape index (κ1) is 12.7. The van der Waals surface area contributed by atoms with Gasteiger partial charge in [0.1, 0.15) is 5.82 Å². The fourth-order valence-electron chi connectivity index (χ4n) is 2.05. The highest BCUT2D eigenvalue weighted by Gasteiger charge is 2.17. The van der Waals surface area contributed by atoms with Gasteiger partial charge in [0.2, 0.25) is 0 Å². The molecule has 1 aromatic carbocycles.